The number of nitrogens with zero attached hydrogens (tertiary/aromatic N) is 3. The molecule has 1 amide bonds. The Bertz CT molecular complexity index is 1290. The Morgan fingerprint density at radius 3 is 2.71 bits per heavy atom. The number of carbonyl (C=O) groups excluding carboxylic acids is 1. The average Bonchev–Trinajstić information content (AvgIpc) is 3.13. The lowest BCUT2D eigenvalue weighted by molar-refractivity contribution is -0.123. The first-order valence-electron chi connectivity index (χ1n) is 10.8. The standard InChI is InChI=1S/C24H24N4O4S2/c1-16(17-7-3-2-4-8-17)28-23(31)19(34-24(28)33)15-18-21(25-10-13-32-14-12-29)26-20-9-5-6-11-27(20)22(18)30/h2-9,11,15-16,25,29H,10,12-14H2,1H3/b19-15-. The maximum atomic E-state index is 13.3. The van der Waals surface area contributed by atoms with Crippen LogP contribution < -0.4 is 10.9 Å². The first-order valence-corrected chi connectivity index (χ1v) is 12.0. The molecule has 1 aromatic carbocycles. The molecule has 176 valence electrons. The number of rotatable bonds is 9. The van der Waals surface area contributed by atoms with Gasteiger partial charge in [0.1, 0.15) is 15.8 Å². The van der Waals surface area contributed by atoms with Crippen LogP contribution >= 0.6 is 24.0 Å². The molecular weight excluding hydrogens is 472 g/mol. The van der Waals surface area contributed by atoms with Crippen LogP contribution in [0.3, 0.4) is 0 Å². The Kier molecular flexibility index (Phi) is 7.73. The SMILES string of the molecule is CC(c1ccccc1)N1C(=O)/C(=C/c2c(NCCOCCO)nc3ccccn3c2=O)SC1=S. The summed E-state index contributed by atoms with van der Waals surface area (Å²) in [6.45, 7) is 2.79. The van der Waals surface area contributed by atoms with E-state index in [2.05, 4.69) is 10.3 Å². The van der Waals surface area contributed by atoms with Gasteiger partial charge in [0.15, 0.2) is 0 Å². The second-order valence-corrected chi connectivity index (χ2v) is 9.18. The van der Waals surface area contributed by atoms with Gasteiger partial charge in [0, 0.05) is 12.7 Å². The van der Waals surface area contributed by atoms with E-state index in [1.807, 2.05) is 37.3 Å². The zero-order chi connectivity index (χ0) is 24.1. The molecule has 2 N–H and O–H groups in total. The zero-order valence-electron chi connectivity index (χ0n) is 18.5. The Morgan fingerprint density at radius 1 is 1.18 bits per heavy atom. The van der Waals surface area contributed by atoms with Gasteiger partial charge in [-0.25, -0.2) is 4.98 Å². The van der Waals surface area contributed by atoms with Crippen molar-refractivity contribution in [1.82, 2.24) is 14.3 Å². The molecule has 1 unspecified atom stereocenters. The van der Waals surface area contributed by atoms with Crippen molar-refractivity contribution in [3.05, 3.63) is 81.1 Å². The van der Waals surface area contributed by atoms with Gasteiger partial charge < -0.3 is 15.2 Å². The third kappa shape index (κ3) is 5.05. The molecule has 8 nitrogen and oxygen atoms in total. The molecule has 34 heavy (non-hydrogen) atoms. The van der Waals surface area contributed by atoms with Gasteiger partial charge in [0.25, 0.3) is 11.5 Å². The van der Waals surface area contributed by atoms with Crippen molar-refractivity contribution in [2.24, 2.45) is 0 Å². The van der Waals surface area contributed by atoms with E-state index < -0.39 is 0 Å². The van der Waals surface area contributed by atoms with Gasteiger partial charge in [-0.15, -0.1) is 0 Å². The van der Waals surface area contributed by atoms with Gasteiger partial charge >= 0.3 is 0 Å². The highest BCUT2D eigenvalue weighted by Gasteiger charge is 2.36. The van der Waals surface area contributed by atoms with Crippen molar-refractivity contribution in [2.75, 3.05) is 31.7 Å². The molecule has 4 rings (SSSR count). The van der Waals surface area contributed by atoms with E-state index in [1.54, 1.807) is 35.4 Å². The summed E-state index contributed by atoms with van der Waals surface area (Å²) in [5.41, 5.74) is 1.41. The first kappa shape index (κ1) is 24.1. The fourth-order valence-corrected chi connectivity index (χ4v) is 5.00. The second kappa shape index (κ2) is 10.9. The monoisotopic (exact) mass is 496 g/mol. The number of aromatic nitrogens is 2. The number of thiocarbonyl (C=S) groups is 1. The van der Waals surface area contributed by atoms with Crippen molar-refractivity contribution in [1.29, 1.82) is 0 Å². The molecule has 1 saturated heterocycles. The van der Waals surface area contributed by atoms with Crippen LogP contribution in [-0.4, -0.2) is 56.0 Å². The van der Waals surface area contributed by atoms with Gasteiger partial charge in [-0.2, -0.15) is 0 Å². The maximum absolute atomic E-state index is 13.3. The number of nitrogens with one attached hydrogen (secondary N) is 1. The molecule has 1 atom stereocenters. The number of aliphatic hydroxyl groups is 1. The number of hydrogen-bond acceptors (Lipinski definition) is 8. The summed E-state index contributed by atoms with van der Waals surface area (Å²) in [6, 6.07) is 14.7. The molecule has 1 aliphatic heterocycles. The molecular formula is C24H24N4O4S2. The molecule has 0 aliphatic carbocycles. The molecule has 3 aromatic rings. The van der Waals surface area contributed by atoms with Gasteiger partial charge in [-0.05, 0) is 30.7 Å². The quantitative estimate of drug-likeness (QED) is 0.265. The summed E-state index contributed by atoms with van der Waals surface area (Å²) in [7, 11) is 0. The molecule has 0 spiro atoms. The van der Waals surface area contributed by atoms with Crippen LogP contribution in [0.2, 0.25) is 0 Å². The minimum Gasteiger partial charge on any atom is -0.394 e. The van der Waals surface area contributed by atoms with Gasteiger partial charge in [-0.1, -0.05) is 60.4 Å². The summed E-state index contributed by atoms with van der Waals surface area (Å²) in [4.78, 5) is 33.1. The van der Waals surface area contributed by atoms with Crippen LogP contribution in [-0.2, 0) is 9.53 Å². The van der Waals surface area contributed by atoms with Crippen LogP contribution in [0.25, 0.3) is 11.7 Å². The van der Waals surface area contributed by atoms with Crippen LogP contribution in [0, 0.1) is 0 Å². The van der Waals surface area contributed by atoms with Crippen LogP contribution in [0.15, 0.2) is 64.4 Å². The zero-order valence-corrected chi connectivity index (χ0v) is 20.1. The fraction of sp³-hybridized carbons (Fsp3) is 0.250. The molecule has 0 saturated carbocycles. The van der Waals surface area contributed by atoms with E-state index >= 15 is 0 Å². The number of hydrogen-bond donors (Lipinski definition) is 2. The number of benzene rings is 1. The van der Waals surface area contributed by atoms with Crippen molar-refractivity contribution in [2.45, 2.75) is 13.0 Å². The van der Waals surface area contributed by atoms with Gasteiger partial charge in [0.2, 0.25) is 0 Å². The van der Waals surface area contributed by atoms with E-state index in [0.29, 0.717) is 33.8 Å². The lowest BCUT2D eigenvalue weighted by Crippen LogP contribution is -2.31. The summed E-state index contributed by atoms with van der Waals surface area (Å²) in [6.07, 6.45) is 3.20. The number of amides is 1. The Hall–Kier alpha value is -3.05. The summed E-state index contributed by atoms with van der Waals surface area (Å²) < 4.78 is 7.16. The predicted molar refractivity (Wildman–Crippen MR) is 138 cm³/mol. The topological polar surface area (TPSA) is 96.2 Å². The predicted octanol–water partition coefficient (Wildman–Crippen LogP) is 3.08. The number of fused-ring (bicyclic) bond motifs is 1. The van der Waals surface area contributed by atoms with E-state index in [0.717, 1.165) is 5.56 Å². The van der Waals surface area contributed by atoms with Crippen LogP contribution in [0.1, 0.15) is 24.1 Å². The second-order valence-electron chi connectivity index (χ2n) is 7.51. The minimum absolute atomic E-state index is 0.0654. The highest BCUT2D eigenvalue weighted by molar-refractivity contribution is 8.26. The minimum atomic E-state index is -0.300. The Balaban J connectivity index is 1.68. The van der Waals surface area contributed by atoms with Crippen molar-refractivity contribution >= 4 is 51.7 Å². The van der Waals surface area contributed by atoms with E-state index in [4.69, 9.17) is 22.1 Å². The third-order valence-electron chi connectivity index (χ3n) is 5.31. The summed E-state index contributed by atoms with van der Waals surface area (Å²) in [5.74, 6) is 0.103. The van der Waals surface area contributed by atoms with Crippen LogP contribution in [0.4, 0.5) is 5.82 Å². The normalized spacial score (nSPS) is 15.9. The lowest BCUT2D eigenvalue weighted by Gasteiger charge is -2.23. The van der Waals surface area contributed by atoms with Crippen LogP contribution in [0.5, 0.6) is 0 Å². The number of carbonyl (C=O) groups is 1. The number of ether oxygens (including phenoxy) is 1. The smallest absolute Gasteiger partial charge is 0.267 e. The Morgan fingerprint density at radius 2 is 1.94 bits per heavy atom. The lowest BCUT2D eigenvalue weighted by atomic mass is 10.1. The first-order chi connectivity index (χ1) is 16.5. The van der Waals surface area contributed by atoms with E-state index in [1.165, 1.54) is 16.2 Å². The molecule has 2 aromatic heterocycles. The van der Waals surface area contributed by atoms with E-state index in [-0.39, 0.29) is 36.3 Å². The van der Waals surface area contributed by atoms with Crippen molar-refractivity contribution in [3.63, 3.8) is 0 Å². The number of pyridine rings is 1. The molecule has 1 aliphatic rings. The number of thioether (sulfide) groups is 1. The fourth-order valence-electron chi connectivity index (χ4n) is 3.60. The molecule has 10 heteroatoms. The maximum Gasteiger partial charge on any atom is 0.267 e. The summed E-state index contributed by atoms with van der Waals surface area (Å²) >= 11 is 6.69. The number of aliphatic hydroxyl groups excluding tert-OH is 1. The highest BCUT2D eigenvalue weighted by atomic mass is 32.2. The molecule has 0 radical (unpaired) electrons. The summed E-state index contributed by atoms with van der Waals surface area (Å²) in [5, 5.41) is 12.0. The Labute approximate surface area is 206 Å². The molecule has 1 fully saturated rings. The van der Waals surface area contributed by atoms with Crippen molar-refractivity contribution in [3.8, 4) is 0 Å². The third-order valence-corrected chi connectivity index (χ3v) is 6.64. The highest BCUT2D eigenvalue weighted by Crippen LogP contribution is 2.38. The largest absolute Gasteiger partial charge is 0.394 e. The van der Waals surface area contributed by atoms with Gasteiger partial charge in [-0.3, -0.25) is 18.9 Å². The van der Waals surface area contributed by atoms with Gasteiger partial charge in [0.05, 0.1) is 36.3 Å². The number of anilines is 1. The average molecular weight is 497 g/mol. The molecule has 0 bridgehead atoms. The van der Waals surface area contributed by atoms with E-state index in [9.17, 15) is 9.59 Å². The molecule has 3 heterocycles. The van der Waals surface area contributed by atoms with Crippen molar-refractivity contribution < 1.29 is 14.6 Å².